The van der Waals surface area contributed by atoms with E-state index in [9.17, 15) is 14.4 Å². The molecule has 6 nitrogen and oxygen atoms in total. The lowest BCUT2D eigenvalue weighted by atomic mass is 10.1. The van der Waals surface area contributed by atoms with Crippen LogP contribution in [0.1, 0.15) is 33.6 Å². The molecule has 0 unspecified atom stereocenters. The fourth-order valence-electron chi connectivity index (χ4n) is 1.87. The van der Waals surface area contributed by atoms with Crippen LogP contribution in [-0.4, -0.2) is 24.4 Å². The fourth-order valence-corrected chi connectivity index (χ4v) is 1.87. The smallest absolute Gasteiger partial charge is 0.309 e. The van der Waals surface area contributed by atoms with Crippen molar-refractivity contribution in [2.45, 2.75) is 33.6 Å². The first kappa shape index (κ1) is 17.7. The third-order valence-corrected chi connectivity index (χ3v) is 2.96. The molecule has 0 saturated heterocycles. The van der Waals surface area contributed by atoms with Gasteiger partial charge in [0.2, 0.25) is 5.91 Å². The third-order valence-electron chi connectivity index (χ3n) is 2.96. The van der Waals surface area contributed by atoms with Crippen molar-refractivity contribution in [3.05, 3.63) is 24.3 Å². The molecule has 0 aliphatic carbocycles. The van der Waals surface area contributed by atoms with Gasteiger partial charge in [0, 0.05) is 18.3 Å². The summed E-state index contributed by atoms with van der Waals surface area (Å²) in [5.74, 6) is -1.12. The third kappa shape index (κ3) is 6.39. The summed E-state index contributed by atoms with van der Waals surface area (Å²) >= 11 is 0. The van der Waals surface area contributed by atoms with Crippen LogP contribution < -0.4 is 10.6 Å². The van der Waals surface area contributed by atoms with Crippen LogP contribution in [0.3, 0.4) is 0 Å². The average Bonchev–Trinajstić information content (AvgIpc) is 2.46. The molecule has 1 atom stereocenters. The molecule has 120 valence electrons. The molecule has 2 N–H and O–H groups in total. The molecule has 0 saturated carbocycles. The molecule has 0 spiro atoms. The first-order valence-corrected chi connectivity index (χ1v) is 7.26. The Balaban J connectivity index is 2.41. The number of amides is 2. The highest BCUT2D eigenvalue weighted by atomic mass is 16.5. The Labute approximate surface area is 130 Å². The number of ether oxygens (including phenoxy) is 1. The highest BCUT2D eigenvalue weighted by Gasteiger charge is 2.14. The Bertz CT molecular complexity index is 525. The zero-order chi connectivity index (χ0) is 16.5. The van der Waals surface area contributed by atoms with Crippen molar-refractivity contribution in [1.82, 2.24) is 0 Å². The maximum Gasteiger partial charge on any atom is 0.309 e. The summed E-state index contributed by atoms with van der Waals surface area (Å²) < 4.78 is 4.96. The van der Waals surface area contributed by atoms with Crippen molar-refractivity contribution >= 4 is 29.2 Å². The van der Waals surface area contributed by atoms with E-state index in [-0.39, 0.29) is 24.4 Å². The van der Waals surface area contributed by atoms with Gasteiger partial charge in [0.1, 0.15) is 0 Å². The molecule has 0 radical (unpaired) electrons. The molecular formula is C16H22N2O4. The lowest BCUT2D eigenvalue weighted by molar-refractivity contribution is -0.151. The van der Waals surface area contributed by atoms with Gasteiger partial charge in [-0.05, 0) is 30.7 Å². The van der Waals surface area contributed by atoms with Crippen molar-refractivity contribution in [1.29, 1.82) is 0 Å². The van der Waals surface area contributed by atoms with Gasteiger partial charge in [-0.1, -0.05) is 20.3 Å². The van der Waals surface area contributed by atoms with Crippen molar-refractivity contribution in [3.63, 3.8) is 0 Å². The average molecular weight is 306 g/mol. The minimum atomic E-state index is -0.399. The minimum absolute atomic E-state index is 0.162. The lowest BCUT2D eigenvalue weighted by Gasteiger charge is -2.11. The number of carbonyl (C=O) groups excluding carboxylic acids is 3. The molecule has 0 aliphatic heterocycles. The van der Waals surface area contributed by atoms with Crippen molar-refractivity contribution in [2.75, 3.05) is 17.2 Å². The number of hydrogen-bond donors (Lipinski definition) is 2. The number of hydrogen-bond acceptors (Lipinski definition) is 4. The standard InChI is InChI=1S/C16H22N2O4/c1-4-5-11(2)16(21)22-10-15(20)18-14-8-6-13(7-9-14)17-12(3)19/h6-9,11H,4-5,10H2,1-3H3,(H,17,19)(H,18,20)/t11-/m1/s1. The summed E-state index contributed by atoms with van der Waals surface area (Å²) in [6.07, 6.45) is 1.63. The van der Waals surface area contributed by atoms with Gasteiger partial charge >= 0.3 is 5.97 Å². The van der Waals surface area contributed by atoms with E-state index in [0.717, 1.165) is 12.8 Å². The molecule has 1 aromatic rings. The minimum Gasteiger partial charge on any atom is -0.455 e. The molecule has 1 aromatic carbocycles. The van der Waals surface area contributed by atoms with Crippen LogP contribution in [-0.2, 0) is 19.1 Å². The number of nitrogens with one attached hydrogen (secondary N) is 2. The van der Waals surface area contributed by atoms with Gasteiger partial charge in [-0.3, -0.25) is 14.4 Å². The topological polar surface area (TPSA) is 84.5 Å². The Morgan fingerprint density at radius 1 is 1.09 bits per heavy atom. The van der Waals surface area contributed by atoms with Crippen LogP contribution in [0, 0.1) is 5.92 Å². The summed E-state index contributed by atoms with van der Waals surface area (Å²) in [6.45, 7) is 4.88. The maximum absolute atomic E-state index is 11.7. The van der Waals surface area contributed by atoms with Crippen molar-refractivity contribution < 1.29 is 19.1 Å². The van der Waals surface area contributed by atoms with Gasteiger partial charge in [-0.2, -0.15) is 0 Å². The highest BCUT2D eigenvalue weighted by Crippen LogP contribution is 2.13. The molecule has 0 bridgehead atoms. The van der Waals surface area contributed by atoms with Gasteiger partial charge < -0.3 is 15.4 Å². The van der Waals surface area contributed by atoms with Gasteiger partial charge in [-0.25, -0.2) is 0 Å². The normalized spacial score (nSPS) is 11.4. The van der Waals surface area contributed by atoms with Gasteiger partial charge in [0.15, 0.2) is 6.61 Å². The number of carbonyl (C=O) groups is 3. The molecule has 6 heteroatoms. The Kier molecular flexibility index (Phi) is 7.08. The Morgan fingerprint density at radius 2 is 1.64 bits per heavy atom. The molecular weight excluding hydrogens is 284 g/mol. The first-order valence-electron chi connectivity index (χ1n) is 7.26. The van der Waals surface area contributed by atoms with Gasteiger partial charge in [0.25, 0.3) is 5.91 Å². The highest BCUT2D eigenvalue weighted by molar-refractivity contribution is 5.93. The van der Waals surface area contributed by atoms with Crippen LogP contribution in [0.2, 0.25) is 0 Å². The summed E-state index contributed by atoms with van der Waals surface area (Å²) in [5.41, 5.74) is 1.21. The van der Waals surface area contributed by atoms with Gasteiger partial charge in [-0.15, -0.1) is 0 Å². The predicted molar refractivity (Wildman–Crippen MR) is 84.4 cm³/mol. The lowest BCUT2D eigenvalue weighted by Crippen LogP contribution is -2.23. The van der Waals surface area contributed by atoms with Crippen LogP contribution in [0.5, 0.6) is 0 Å². The van der Waals surface area contributed by atoms with Crippen molar-refractivity contribution in [3.8, 4) is 0 Å². The van der Waals surface area contributed by atoms with E-state index in [0.29, 0.717) is 11.4 Å². The van der Waals surface area contributed by atoms with E-state index in [1.807, 2.05) is 6.92 Å². The van der Waals surface area contributed by atoms with E-state index in [4.69, 9.17) is 4.74 Å². The quantitative estimate of drug-likeness (QED) is 0.758. The molecule has 0 aromatic heterocycles. The number of rotatable bonds is 7. The SMILES string of the molecule is CCC[C@@H](C)C(=O)OCC(=O)Nc1ccc(NC(C)=O)cc1. The summed E-state index contributed by atoms with van der Waals surface area (Å²) in [6, 6.07) is 6.66. The predicted octanol–water partition coefficient (Wildman–Crippen LogP) is 2.56. The number of benzene rings is 1. The van der Waals surface area contributed by atoms with Crippen LogP contribution >= 0.6 is 0 Å². The molecule has 0 fully saturated rings. The van der Waals surface area contributed by atoms with E-state index in [2.05, 4.69) is 10.6 Å². The molecule has 22 heavy (non-hydrogen) atoms. The van der Waals surface area contributed by atoms with E-state index in [1.165, 1.54) is 6.92 Å². The van der Waals surface area contributed by atoms with Crippen LogP contribution in [0.25, 0.3) is 0 Å². The summed E-state index contributed by atoms with van der Waals surface area (Å²) in [4.78, 5) is 34.2. The van der Waals surface area contributed by atoms with Crippen LogP contribution in [0.15, 0.2) is 24.3 Å². The van der Waals surface area contributed by atoms with Crippen molar-refractivity contribution in [2.24, 2.45) is 5.92 Å². The second-order valence-corrected chi connectivity index (χ2v) is 5.10. The number of anilines is 2. The molecule has 0 heterocycles. The van der Waals surface area contributed by atoms with Crippen LogP contribution in [0.4, 0.5) is 11.4 Å². The zero-order valence-corrected chi connectivity index (χ0v) is 13.1. The van der Waals surface area contributed by atoms with E-state index in [1.54, 1.807) is 31.2 Å². The Morgan fingerprint density at radius 3 is 2.14 bits per heavy atom. The van der Waals surface area contributed by atoms with Gasteiger partial charge in [0.05, 0.1) is 5.92 Å². The van der Waals surface area contributed by atoms with E-state index >= 15 is 0 Å². The summed E-state index contributed by atoms with van der Waals surface area (Å²) in [5, 5.41) is 5.25. The zero-order valence-electron chi connectivity index (χ0n) is 13.1. The fraction of sp³-hybridized carbons (Fsp3) is 0.438. The summed E-state index contributed by atoms with van der Waals surface area (Å²) in [7, 11) is 0. The maximum atomic E-state index is 11.7. The Hall–Kier alpha value is -2.37. The number of esters is 1. The van der Waals surface area contributed by atoms with E-state index < -0.39 is 5.91 Å². The monoisotopic (exact) mass is 306 g/mol. The molecule has 0 aliphatic rings. The molecule has 2 amide bonds. The second-order valence-electron chi connectivity index (χ2n) is 5.10. The molecule has 1 rings (SSSR count). The first-order chi connectivity index (χ1) is 10.4. The second kappa shape index (κ2) is 8.81. The largest absolute Gasteiger partial charge is 0.455 e.